The molecule has 0 radical (unpaired) electrons. The molecule has 2 heterocycles. The van der Waals surface area contributed by atoms with Gasteiger partial charge in [-0.2, -0.15) is 0 Å². The van der Waals surface area contributed by atoms with Gasteiger partial charge in [0.2, 0.25) is 5.91 Å². The summed E-state index contributed by atoms with van der Waals surface area (Å²) in [6.07, 6.45) is 7.62. The fourth-order valence-corrected chi connectivity index (χ4v) is 5.55. The number of Topliss-reactive ketones (excluding diaryl/α,β-unsaturated/α-hetero) is 1. The Labute approximate surface area is 194 Å². The molecule has 1 aliphatic carbocycles. The van der Waals surface area contributed by atoms with Gasteiger partial charge in [0, 0.05) is 60.5 Å². The zero-order chi connectivity index (χ0) is 22.9. The molecule has 6 heteroatoms. The van der Waals surface area contributed by atoms with Gasteiger partial charge in [-0.15, -0.1) is 0 Å². The van der Waals surface area contributed by atoms with Crippen molar-refractivity contribution in [2.75, 3.05) is 26.7 Å². The third-order valence-electron chi connectivity index (χ3n) is 7.34. The zero-order valence-corrected chi connectivity index (χ0v) is 19.2. The first-order chi connectivity index (χ1) is 16.0. The van der Waals surface area contributed by atoms with Crippen LogP contribution in [-0.4, -0.2) is 47.9 Å². The molecule has 1 saturated heterocycles. The van der Waals surface area contributed by atoms with E-state index in [1.54, 1.807) is 13.2 Å². The highest BCUT2D eigenvalue weighted by molar-refractivity contribution is 6.00. The van der Waals surface area contributed by atoms with Gasteiger partial charge in [-0.1, -0.05) is 12.1 Å². The molecule has 33 heavy (non-hydrogen) atoms. The number of hydrogen-bond donors (Lipinski definition) is 1. The maximum Gasteiger partial charge on any atom is 0.248 e. The van der Waals surface area contributed by atoms with Crippen molar-refractivity contribution in [3.63, 3.8) is 0 Å². The smallest absolute Gasteiger partial charge is 0.248 e. The number of methoxy groups -OCH3 is 1. The second kappa shape index (κ2) is 9.02. The summed E-state index contributed by atoms with van der Waals surface area (Å²) in [6.45, 7) is 2.93. The van der Waals surface area contributed by atoms with Crippen molar-refractivity contribution in [2.24, 2.45) is 5.73 Å². The summed E-state index contributed by atoms with van der Waals surface area (Å²) in [5.74, 6) is 0.707. The Kier molecular flexibility index (Phi) is 5.94. The summed E-state index contributed by atoms with van der Waals surface area (Å²) in [5, 5.41) is 1.13. The van der Waals surface area contributed by atoms with Crippen LogP contribution >= 0.6 is 0 Å². The van der Waals surface area contributed by atoms with Crippen molar-refractivity contribution in [1.29, 1.82) is 0 Å². The number of carbonyl (C=O) groups excluding carboxylic acids is 2. The molecule has 0 saturated carbocycles. The van der Waals surface area contributed by atoms with Crippen LogP contribution in [0.1, 0.15) is 63.6 Å². The van der Waals surface area contributed by atoms with Gasteiger partial charge in [0.05, 0.1) is 7.11 Å². The summed E-state index contributed by atoms with van der Waals surface area (Å²) in [4.78, 5) is 26.8. The van der Waals surface area contributed by atoms with E-state index < -0.39 is 5.91 Å². The molecular formula is C27H31N3O3. The van der Waals surface area contributed by atoms with Gasteiger partial charge in [0.15, 0.2) is 5.78 Å². The van der Waals surface area contributed by atoms with E-state index in [1.165, 1.54) is 5.56 Å². The molecule has 0 unspecified atom stereocenters. The highest BCUT2D eigenvalue weighted by Crippen LogP contribution is 2.33. The second-order valence-corrected chi connectivity index (χ2v) is 9.24. The van der Waals surface area contributed by atoms with Crippen LogP contribution in [0.15, 0.2) is 42.6 Å². The molecule has 3 aromatic rings. The number of nitrogens with zero attached hydrogens (tertiary/aromatic N) is 2. The number of amides is 1. The lowest BCUT2D eigenvalue weighted by molar-refractivity contribution is 0.0968. The number of nitrogens with two attached hydrogens (primary N) is 1. The molecule has 1 aromatic heterocycles. The predicted octanol–water partition coefficient (Wildman–Crippen LogP) is 4.15. The fraction of sp³-hybridized carbons (Fsp3) is 0.407. The van der Waals surface area contributed by atoms with E-state index in [9.17, 15) is 9.59 Å². The minimum absolute atomic E-state index is 0.263. The van der Waals surface area contributed by atoms with Crippen LogP contribution in [0.4, 0.5) is 0 Å². The zero-order valence-electron chi connectivity index (χ0n) is 19.2. The van der Waals surface area contributed by atoms with E-state index in [0.29, 0.717) is 18.0 Å². The quantitative estimate of drug-likeness (QED) is 0.618. The lowest BCUT2D eigenvalue weighted by Gasteiger charge is -2.33. The van der Waals surface area contributed by atoms with Gasteiger partial charge >= 0.3 is 0 Å². The van der Waals surface area contributed by atoms with Gasteiger partial charge in [-0.05, 0) is 67.3 Å². The van der Waals surface area contributed by atoms with Crippen LogP contribution in [0.5, 0.6) is 5.75 Å². The maximum atomic E-state index is 12.7. The SMILES string of the molecule is COc1ccc2c(c1CCN1CCC(n3ccc4ccc(C(N)=O)cc43)CC1)C(=O)CCC2. The standard InChI is InChI=1S/C27H31N3O3/c1-33-25-8-7-19-3-2-4-24(31)26(19)22(25)12-15-29-13-10-21(11-14-29)30-16-9-18-5-6-20(27(28)32)17-23(18)30/h5-9,16-17,21H,2-4,10-15H2,1H3,(H2,28,32). The Bertz CT molecular complexity index is 1200. The topological polar surface area (TPSA) is 77.6 Å². The van der Waals surface area contributed by atoms with Crippen LogP contribution in [0.3, 0.4) is 0 Å². The maximum absolute atomic E-state index is 12.7. The van der Waals surface area contributed by atoms with Crippen LogP contribution in [0.25, 0.3) is 10.9 Å². The molecule has 2 aromatic carbocycles. The molecule has 1 fully saturated rings. The predicted molar refractivity (Wildman–Crippen MR) is 129 cm³/mol. The first-order valence-electron chi connectivity index (χ1n) is 11.9. The highest BCUT2D eigenvalue weighted by atomic mass is 16.5. The normalized spacial score (nSPS) is 17.3. The highest BCUT2D eigenvalue weighted by Gasteiger charge is 2.25. The minimum atomic E-state index is -0.392. The average Bonchev–Trinajstić information content (AvgIpc) is 3.26. The molecule has 0 bridgehead atoms. The summed E-state index contributed by atoms with van der Waals surface area (Å²) in [7, 11) is 1.69. The van der Waals surface area contributed by atoms with E-state index in [4.69, 9.17) is 10.5 Å². The number of benzene rings is 2. The number of ether oxygens (including phenoxy) is 1. The Morgan fingerprint density at radius 2 is 1.94 bits per heavy atom. The first-order valence-corrected chi connectivity index (χ1v) is 11.9. The first kappa shape index (κ1) is 21.7. The molecule has 1 aliphatic heterocycles. The number of aromatic nitrogens is 1. The van der Waals surface area contributed by atoms with Crippen molar-refractivity contribution in [3.05, 3.63) is 64.8 Å². The third-order valence-corrected chi connectivity index (χ3v) is 7.34. The van der Waals surface area contributed by atoms with Crippen molar-refractivity contribution in [3.8, 4) is 5.75 Å². The second-order valence-electron chi connectivity index (χ2n) is 9.24. The number of likely N-dealkylation sites (tertiary alicyclic amines) is 1. The van der Waals surface area contributed by atoms with Gasteiger partial charge in [0.25, 0.3) is 0 Å². The molecule has 1 amide bonds. The van der Waals surface area contributed by atoms with Crippen molar-refractivity contribution in [1.82, 2.24) is 9.47 Å². The van der Waals surface area contributed by atoms with Crippen molar-refractivity contribution in [2.45, 2.75) is 44.6 Å². The minimum Gasteiger partial charge on any atom is -0.496 e. The third kappa shape index (κ3) is 4.15. The van der Waals surface area contributed by atoms with Gasteiger partial charge in [-0.3, -0.25) is 9.59 Å². The molecular weight excluding hydrogens is 414 g/mol. The Balaban J connectivity index is 1.27. The number of rotatable bonds is 6. The van der Waals surface area contributed by atoms with E-state index in [2.05, 4.69) is 27.8 Å². The number of primary amides is 1. The monoisotopic (exact) mass is 445 g/mol. The number of carbonyl (C=O) groups is 2. The van der Waals surface area contributed by atoms with Crippen molar-refractivity contribution < 1.29 is 14.3 Å². The number of fused-ring (bicyclic) bond motifs is 2. The summed E-state index contributed by atoms with van der Waals surface area (Å²) in [6, 6.07) is 12.3. The van der Waals surface area contributed by atoms with Gasteiger partial charge in [0.1, 0.15) is 5.75 Å². The largest absolute Gasteiger partial charge is 0.496 e. The van der Waals surface area contributed by atoms with Crippen LogP contribution in [0, 0.1) is 0 Å². The number of ketones is 1. The van der Waals surface area contributed by atoms with Gasteiger partial charge in [-0.25, -0.2) is 0 Å². The molecule has 2 aliphatic rings. The van der Waals surface area contributed by atoms with Crippen LogP contribution in [0.2, 0.25) is 0 Å². The number of piperidine rings is 1. The average molecular weight is 446 g/mol. The van der Waals surface area contributed by atoms with Gasteiger partial charge < -0.3 is 19.9 Å². The van der Waals surface area contributed by atoms with Crippen LogP contribution in [-0.2, 0) is 12.8 Å². The number of hydrogen-bond acceptors (Lipinski definition) is 4. The molecule has 0 atom stereocenters. The van der Waals surface area contributed by atoms with Crippen molar-refractivity contribution >= 4 is 22.6 Å². The molecule has 0 spiro atoms. The summed E-state index contributed by atoms with van der Waals surface area (Å²) >= 11 is 0. The Morgan fingerprint density at radius 3 is 2.70 bits per heavy atom. The van der Waals surface area contributed by atoms with Crippen LogP contribution < -0.4 is 10.5 Å². The Morgan fingerprint density at radius 1 is 1.12 bits per heavy atom. The van der Waals surface area contributed by atoms with E-state index >= 15 is 0 Å². The molecule has 2 N–H and O–H groups in total. The lowest BCUT2D eigenvalue weighted by Crippen LogP contribution is -2.36. The molecule has 5 rings (SSSR count). The van der Waals surface area contributed by atoms with E-state index in [-0.39, 0.29) is 5.78 Å². The Hall–Kier alpha value is -3.12. The molecule has 172 valence electrons. The fourth-order valence-electron chi connectivity index (χ4n) is 5.55. The van der Waals surface area contributed by atoms with E-state index in [0.717, 1.165) is 79.5 Å². The number of aryl methyl sites for hydroxylation is 1. The van der Waals surface area contributed by atoms with E-state index in [1.807, 2.05) is 18.2 Å². The molecule has 6 nitrogen and oxygen atoms in total. The summed E-state index contributed by atoms with van der Waals surface area (Å²) < 4.78 is 7.93. The summed E-state index contributed by atoms with van der Waals surface area (Å²) in [5.41, 5.74) is 10.3. The lowest BCUT2D eigenvalue weighted by atomic mass is 9.85.